The molecule has 6 aromatic heterocycles. The number of aliphatic carboxylic acids is 1. The molecule has 0 saturated heterocycles. The first-order chi connectivity index (χ1) is 22.6. The molecule has 6 rings (SSSR count). The van der Waals surface area contributed by atoms with E-state index < -0.39 is 12.0 Å². The molecule has 0 spiro atoms. The van der Waals surface area contributed by atoms with Crippen molar-refractivity contribution in [1.29, 1.82) is 0 Å². The fourth-order valence-corrected chi connectivity index (χ4v) is 3.72. The van der Waals surface area contributed by atoms with Crippen molar-refractivity contribution < 1.29 is 29.4 Å². The zero-order chi connectivity index (χ0) is 32.7. The Morgan fingerprint density at radius 2 is 0.766 bits per heavy atom. The summed E-state index contributed by atoms with van der Waals surface area (Å²) in [6.07, 6.45) is 12.8. The number of hydrogen-bond acceptors (Lipinski definition) is 9. The summed E-state index contributed by atoms with van der Waals surface area (Å²) in [6.45, 7) is 0.604. The van der Waals surface area contributed by atoms with E-state index in [1.807, 2.05) is 109 Å². The van der Waals surface area contributed by atoms with Gasteiger partial charge >= 0.3 is 5.97 Å². The standard InChI is InChI=1S/3C10H8N2.C6H14N2O2.Ru/c3*1-3-7-11-9(5-1)10-6-2-4-8-12-10;7-4-2-1-3-5(8)6(9)10;/h3*1-8H;5H,1-4,7-8H2,(H,9,10);. The maximum Gasteiger partial charge on any atom is 0.320 e. The predicted molar refractivity (Wildman–Crippen MR) is 181 cm³/mol. The van der Waals surface area contributed by atoms with E-state index in [4.69, 9.17) is 16.6 Å². The van der Waals surface area contributed by atoms with Crippen LogP contribution in [0, 0.1) is 0 Å². The SMILES string of the molecule is NCCCCC(N)C(=O)O.[Ru].c1ccc(-c2ccccn2)nc1.c1ccc(-c2ccccn2)nc1.c1ccc(-c2ccccn2)nc1. The van der Waals surface area contributed by atoms with Crippen molar-refractivity contribution in [2.75, 3.05) is 6.54 Å². The van der Waals surface area contributed by atoms with Gasteiger partial charge in [0, 0.05) is 56.7 Å². The Bertz CT molecular complexity index is 1330. The van der Waals surface area contributed by atoms with Gasteiger partial charge in [-0.05, 0) is 92.2 Å². The van der Waals surface area contributed by atoms with Gasteiger partial charge in [0.2, 0.25) is 0 Å². The van der Waals surface area contributed by atoms with E-state index >= 15 is 0 Å². The molecule has 47 heavy (non-hydrogen) atoms. The molecule has 0 aliphatic rings. The molecule has 0 fully saturated rings. The van der Waals surface area contributed by atoms with Crippen LogP contribution in [0.2, 0.25) is 0 Å². The molecule has 6 heterocycles. The third-order valence-electron chi connectivity index (χ3n) is 6.06. The number of aromatic nitrogens is 6. The van der Waals surface area contributed by atoms with Crippen LogP contribution in [0.25, 0.3) is 34.2 Å². The largest absolute Gasteiger partial charge is 0.480 e. The summed E-state index contributed by atoms with van der Waals surface area (Å²) in [5.41, 5.74) is 15.9. The van der Waals surface area contributed by atoms with Crippen molar-refractivity contribution in [3.8, 4) is 34.2 Å². The number of carboxylic acids is 1. The Labute approximate surface area is 288 Å². The van der Waals surface area contributed by atoms with Crippen molar-refractivity contribution in [1.82, 2.24) is 29.9 Å². The van der Waals surface area contributed by atoms with Crippen LogP contribution in [0.15, 0.2) is 146 Å². The van der Waals surface area contributed by atoms with Crippen LogP contribution in [-0.2, 0) is 24.3 Å². The molecule has 6 aromatic rings. The van der Waals surface area contributed by atoms with E-state index in [-0.39, 0.29) is 19.5 Å². The quantitative estimate of drug-likeness (QED) is 0.127. The smallest absolute Gasteiger partial charge is 0.320 e. The average Bonchev–Trinajstić information content (AvgIpc) is 3.15. The first-order valence-corrected chi connectivity index (χ1v) is 14.7. The summed E-state index contributed by atoms with van der Waals surface area (Å²) >= 11 is 0. The van der Waals surface area contributed by atoms with Gasteiger partial charge in [0.05, 0.1) is 34.2 Å². The number of nitrogens with two attached hydrogens (primary N) is 2. The van der Waals surface area contributed by atoms with Crippen LogP contribution in [0.1, 0.15) is 19.3 Å². The first-order valence-electron chi connectivity index (χ1n) is 14.7. The summed E-state index contributed by atoms with van der Waals surface area (Å²) < 4.78 is 0. The van der Waals surface area contributed by atoms with Gasteiger partial charge in [0.25, 0.3) is 0 Å². The monoisotopic (exact) mass is 716 g/mol. The number of rotatable bonds is 8. The maximum absolute atomic E-state index is 10.1. The second kappa shape index (κ2) is 23.3. The van der Waals surface area contributed by atoms with E-state index in [0.29, 0.717) is 13.0 Å². The molecule has 1 unspecified atom stereocenters. The normalized spacial score (nSPS) is 10.2. The maximum atomic E-state index is 10.1. The van der Waals surface area contributed by atoms with Gasteiger partial charge in [-0.25, -0.2) is 0 Å². The molecule has 0 aromatic carbocycles. The Balaban J connectivity index is 0.000000217. The topological polar surface area (TPSA) is 167 Å². The minimum atomic E-state index is -0.933. The second-order valence-electron chi connectivity index (χ2n) is 9.52. The molecular weight excluding hydrogens is 678 g/mol. The molecule has 10 nitrogen and oxygen atoms in total. The second-order valence-corrected chi connectivity index (χ2v) is 9.52. The number of pyridine rings is 6. The van der Waals surface area contributed by atoms with E-state index in [1.54, 1.807) is 37.2 Å². The molecular formula is C36H38N8O2Ru. The van der Waals surface area contributed by atoms with Gasteiger partial charge in [-0.3, -0.25) is 34.7 Å². The third kappa shape index (κ3) is 15.2. The van der Waals surface area contributed by atoms with Crippen molar-refractivity contribution in [3.05, 3.63) is 146 Å². The Hall–Kier alpha value is -5.09. The fraction of sp³-hybridized carbons (Fsp3) is 0.139. The number of nitrogens with zero attached hydrogens (tertiary/aromatic N) is 6. The van der Waals surface area contributed by atoms with Crippen LogP contribution in [0.4, 0.5) is 0 Å². The van der Waals surface area contributed by atoms with Crippen molar-refractivity contribution in [3.63, 3.8) is 0 Å². The number of carbonyl (C=O) groups is 1. The number of carboxylic acid groups (broad SMARTS) is 1. The molecule has 0 amide bonds. The van der Waals surface area contributed by atoms with Crippen molar-refractivity contribution in [2.45, 2.75) is 25.3 Å². The van der Waals surface area contributed by atoms with E-state index in [1.165, 1.54) is 0 Å². The van der Waals surface area contributed by atoms with Crippen LogP contribution in [0.3, 0.4) is 0 Å². The van der Waals surface area contributed by atoms with Gasteiger partial charge in [-0.2, -0.15) is 0 Å². The molecule has 0 radical (unpaired) electrons. The Morgan fingerprint density at radius 1 is 0.511 bits per heavy atom. The average molecular weight is 716 g/mol. The van der Waals surface area contributed by atoms with Crippen molar-refractivity contribution in [2.24, 2.45) is 11.5 Å². The minimum absolute atomic E-state index is 0. The van der Waals surface area contributed by atoms with Gasteiger partial charge in [-0.15, -0.1) is 0 Å². The van der Waals surface area contributed by atoms with Gasteiger partial charge in [0.15, 0.2) is 0 Å². The minimum Gasteiger partial charge on any atom is -0.480 e. The third-order valence-corrected chi connectivity index (χ3v) is 6.06. The zero-order valence-corrected chi connectivity index (χ0v) is 27.5. The molecule has 0 aliphatic carbocycles. The van der Waals surface area contributed by atoms with Gasteiger partial charge in [0.1, 0.15) is 6.04 Å². The van der Waals surface area contributed by atoms with Crippen LogP contribution < -0.4 is 11.5 Å². The summed E-state index contributed by atoms with van der Waals surface area (Å²) in [5, 5.41) is 8.33. The van der Waals surface area contributed by atoms with Crippen LogP contribution in [-0.4, -0.2) is 53.6 Å². The first kappa shape index (κ1) is 38.1. The summed E-state index contributed by atoms with van der Waals surface area (Å²) in [5.74, 6) is -0.933. The molecule has 5 N–H and O–H groups in total. The van der Waals surface area contributed by atoms with Gasteiger partial charge in [-0.1, -0.05) is 42.8 Å². The van der Waals surface area contributed by atoms with E-state index in [0.717, 1.165) is 47.0 Å². The molecule has 242 valence electrons. The fourth-order valence-electron chi connectivity index (χ4n) is 3.72. The predicted octanol–water partition coefficient (Wildman–Crippen LogP) is 5.96. The van der Waals surface area contributed by atoms with Crippen molar-refractivity contribution >= 4 is 5.97 Å². The molecule has 0 saturated carbocycles. The Morgan fingerprint density at radius 3 is 0.936 bits per heavy atom. The molecule has 1 atom stereocenters. The van der Waals surface area contributed by atoms with E-state index in [9.17, 15) is 4.79 Å². The molecule has 0 aliphatic heterocycles. The Kier molecular flexibility index (Phi) is 18.9. The number of hydrogen-bond donors (Lipinski definition) is 3. The number of unbranched alkanes of at least 4 members (excludes halogenated alkanes) is 1. The summed E-state index contributed by atoms with van der Waals surface area (Å²) in [4.78, 5) is 35.3. The van der Waals surface area contributed by atoms with Crippen LogP contribution in [0.5, 0.6) is 0 Å². The van der Waals surface area contributed by atoms with Gasteiger partial charge < -0.3 is 16.6 Å². The zero-order valence-electron chi connectivity index (χ0n) is 25.8. The van der Waals surface area contributed by atoms with E-state index in [2.05, 4.69) is 29.9 Å². The summed E-state index contributed by atoms with van der Waals surface area (Å²) in [6, 6.07) is 34.1. The molecule has 0 bridgehead atoms. The molecule has 11 heteroatoms. The van der Waals surface area contributed by atoms with Crippen LogP contribution >= 0.6 is 0 Å². The summed E-state index contributed by atoms with van der Waals surface area (Å²) in [7, 11) is 0.